The highest BCUT2D eigenvalue weighted by atomic mass is 127. The van der Waals surface area contributed by atoms with Crippen LogP contribution in [0, 0.1) is 3.57 Å². The van der Waals surface area contributed by atoms with Crippen molar-refractivity contribution in [2.24, 2.45) is 0 Å². The van der Waals surface area contributed by atoms with Gasteiger partial charge in [-0.15, -0.1) is 0 Å². The Morgan fingerprint density at radius 1 is 1.13 bits per heavy atom. The molecule has 164 valence electrons. The number of hydrogen-bond acceptors (Lipinski definition) is 4. The van der Waals surface area contributed by atoms with E-state index in [1.807, 2.05) is 42.5 Å². The van der Waals surface area contributed by atoms with Gasteiger partial charge < -0.3 is 14.8 Å². The summed E-state index contributed by atoms with van der Waals surface area (Å²) in [5, 5.41) is 2.87. The summed E-state index contributed by atoms with van der Waals surface area (Å²) in [5.41, 5.74) is 1.12. The Labute approximate surface area is 193 Å². The van der Waals surface area contributed by atoms with Crippen LogP contribution in [0.5, 0.6) is 11.5 Å². The number of hydrogen-bond donors (Lipinski definition) is 2. The van der Waals surface area contributed by atoms with Crippen LogP contribution in [0.1, 0.15) is 25.0 Å². The van der Waals surface area contributed by atoms with Gasteiger partial charge in [0, 0.05) is 26.1 Å². The molecule has 2 rings (SSSR count). The number of carbonyl (C=O) groups excluding carboxylic acids is 1. The Morgan fingerprint density at radius 3 is 2.37 bits per heavy atom. The molecule has 8 heteroatoms. The third kappa shape index (κ3) is 7.81. The molecule has 0 saturated heterocycles. The predicted molar refractivity (Wildman–Crippen MR) is 132 cm³/mol. The molecule has 0 radical (unpaired) electrons. The zero-order chi connectivity index (χ0) is 22.4. The molecule has 0 saturated carbocycles. The smallest absolute Gasteiger partial charge is 0.240 e. The fourth-order valence-electron chi connectivity index (χ4n) is 2.86. The van der Waals surface area contributed by atoms with Crippen molar-refractivity contribution in [3.63, 3.8) is 0 Å². The molecular weight excluding hydrogens is 515 g/mol. The molecule has 30 heavy (non-hydrogen) atoms. The van der Waals surface area contributed by atoms with Crippen LogP contribution >= 0.6 is 22.6 Å². The number of ether oxygens (including phenoxy) is 2. The van der Waals surface area contributed by atoms with Gasteiger partial charge in [-0.1, -0.05) is 18.2 Å². The summed E-state index contributed by atoms with van der Waals surface area (Å²) in [5.74, 6) is 4.63. The Morgan fingerprint density at radius 2 is 1.77 bits per heavy atom. The number of rotatable bonds is 10. The fourth-order valence-corrected chi connectivity index (χ4v) is 4.39. The maximum atomic E-state index is 12.4. The maximum Gasteiger partial charge on any atom is 0.240 e. The average Bonchev–Trinajstić information content (AvgIpc) is 2.66. The van der Waals surface area contributed by atoms with Gasteiger partial charge in [-0.25, -0.2) is 4.72 Å². The molecule has 1 atom stereocenters. The topological polar surface area (TPSA) is 76.7 Å². The first-order valence-electron chi connectivity index (χ1n) is 9.44. The zero-order valence-corrected chi connectivity index (χ0v) is 20.8. The quantitative estimate of drug-likeness (QED) is 0.356. The third-order valence-electron chi connectivity index (χ3n) is 4.27. The monoisotopic (exact) mass is 544 g/mol. The van der Waals surface area contributed by atoms with Crippen molar-refractivity contribution in [1.82, 2.24) is 10.0 Å². The summed E-state index contributed by atoms with van der Waals surface area (Å²) in [4.78, 5) is 12.4. The molecule has 1 amide bonds. The number of amides is 1. The molecule has 0 bridgehead atoms. The van der Waals surface area contributed by atoms with E-state index in [1.54, 1.807) is 21.0 Å². The van der Waals surface area contributed by atoms with Crippen LogP contribution in [0.2, 0.25) is 0 Å². The highest BCUT2D eigenvalue weighted by Gasteiger charge is 2.28. The second-order valence-corrected chi connectivity index (χ2v) is 11.1. The summed E-state index contributed by atoms with van der Waals surface area (Å²) in [7, 11) is -0.882. The van der Waals surface area contributed by atoms with Crippen molar-refractivity contribution in [1.29, 1.82) is 0 Å². The lowest BCUT2D eigenvalue weighted by molar-refractivity contribution is -0.125. The van der Waals surface area contributed by atoms with E-state index < -0.39 is 15.2 Å². The molecule has 2 N–H and O–H groups in total. The molecule has 0 aromatic heterocycles. The molecule has 0 aliphatic heterocycles. The minimum absolute atomic E-state index is 0.231. The SMILES string of the molecule is C=S(C)(=O)NC(C)(C)C(=O)NCCc1ccc(OCc2ccc(I)cc2)c(OC)c1. The van der Waals surface area contributed by atoms with Crippen LogP contribution in [0.25, 0.3) is 0 Å². The van der Waals surface area contributed by atoms with Gasteiger partial charge in [0.1, 0.15) is 12.1 Å². The number of methoxy groups -OCH3 is 1. The normalized spacial score (nSPS) is 13.4. The summed E-state index contributed by atoms with van der Waals surface area (Å²) < 4.78 is 27.2. The van der Waals surface area contributed by atoms with Gasteiger partial charge in [-0.2, -0.15) is 0 Å². The Balaban J connectivity index is 1.92. The molecule has 0 fully saturated rings. The van der Waals surface area contributed by atoms with E-state index in [9.17, 15) is 9.00 Å². The fraction of sp³-hybridized carbons (Fsp3) is 0.364. The molecule has 0 heterocycles. The van der Waals surface area contributed by atoms with E-state index in [0.717, 1.165) is 11.1 Å². The Bertz CT molecular complexity index is 973. The summed E-state index contributed by atoms with van der Waals surface area (Å²) >= 11 is 2.27. The highest BCUT2D eigenvalue weighted by Crippen LogP contribution is 2.29. The van der Waals surface area contributed by atoms with Crippen molar-refractivity contribution < 1.29 is 18.5 Å². The van der Waals surface area contributed by atoms with Gasteiger partial charge in [0.25, 0.3) is 0 Å². The van der Waals surface area contributed by atoms with Gasteiger partial charge in [0.15, 0.2) is 11.5 Å². The first kappa shape index (κ1) is 24.5. The molecule has 2 aromatic carbocycles. The second kappa shape index (κ2) is 10.5. The lowest BCUT2D eigenvalue weighted by atomic mass is 10.1. The molecule has 0 aliphatic rings. The average molecular weight is 544 g/mol. The number of nitrogens with one attached hydrogen (secondary N) is 2. The lowest BCUT2D eigenvalue weighted by Gasteiger charge is -2.25. The van der Waals surface area contributed by atoms with E-state index in [1.165, 1.54) is 9.83 Å². The predicted octanol–water partition coefficient (Wildman–Crippen LogP) is 3.17. The minimum Gasteiger partial charge on any atom is -0.493 e. The van der Waals surface area contributed by atoms with Crippen molar-refractivity contribution in [3.05, 3.63) is 57.2 Å². The summed E-state index contributed by atoms with van der Waals surface area (Å²) in [6.07, 6.45) is 2.10. The highest BCUT2D eigenvalue weighted by molar-refractivity contribution is 14.1. The Kier molecular flexibility index (Phi) is 8.57. The molecule has 1 unspecified atom stereocenters. The van der Waals surface area contributed by atoms with Crippen LogP contribution in [0.3, 0.4) is 0 Å². The van der Waals surface area contributed by atoms with Crippen molar-refractivity contribution >= 4 is 44.1 Å². The summed E-state index contributed by atoms with van der Waals surface area (Å²) in [6, 6.07) is 13.9. The van der Waals surface area contributed by atoms with Gasteiger partial charge in [-0.3, -0.25) is 9.00 Å². The molecular formula is C22H29IN2O4S. The van der Waals surface area contributed by atoms with Crippen molar-refractivity contribution in [2.45, 2.75) is 32.4 Å². The first-order chi connectivity index (χ1) is 14.0. The van der Waals surface area contributed by atoms with Crippen LogP contribution in [-0.4, -0.2) is 41.4 Å². The van der Waals surface area contributed by atoms with Gasteiger partial charge >= 0.3 is 0 Å². The molecule has 0 spiro atoms. The molecule has 6 nitrogen and oxygen atoms in total. The first-order valence-corrected chi connectivity index (χ1v) is 12.7. The van der Waals surface area contributed by atoms with Crippen molar-refractivity contribution in [3.8, 4) is 11.5 Å². The zero-order valence-electron chi connectivity index (χ0n) is 17.8. The van der Waals surface area contributed by atoms with E-state index in [2.05, 4.69) is 38.5 Å². The summed E-state index contributed by atoms with van der Waals surface area (Å²) in [6.45, 7) is 4.26. The van der Waals surface area contributed by atoms with E-state index in [-0.39, 0.29) is 5.91 Å². The van der Waals surface area contributed by atoms with Gasteiger partial charge in [0.05, 0.1) is 7.11 Å². The minimum atomic E-state index is -2.49. The number of benzene rings is 2. The Hall–Kier alpha value is -1.78. The number of halogens is 1. The van der Waals surface area contributed by atoms with E-state index in [4.69, 9.17) is 9.47 Å². The maximum absolute atomic E-state index is 12.4. The lowest BCUT2D eigenvalue weighted by Crippen LogP contribution is -2.54. The second-order valence-electron chi connectivity index (χ2n) is 7.64. The van der Waals surface area contributed by atoms with E-state index >= 15 is 0 Å². The largest absolute Gasteiger partial charge is 0.493 e. The van der Waals surface area contributed by atoms with E-state index in [0.29, 0.717) is 31.1 Å². The number of carbonyl (C=O) groups is 1. The third-order valence-corrected chi connectivity index (χ3v) is 5.93. The van der Waals surface area contributed by atoms with Crippen LogP contribution < -0.4 is 19.5 Å². The van der Waals surface area contributed by atoms with Crippen molar-refractivity contribution in [2.75, 3.05) is 19.9 Å². The van der Waals surface area contributed by atoms with Gasteiger partial charge in [-0.05, 0) is 84.1 Å². The van der Waals surface area contributed by atoms with Crippen LogP contribution in [0.4, 0.5) is 0 Å². The molecule has 2 aromatic rings. The van der Waals surface area contributed by atoms with Gasteiger partial charge in [0.2, 0.25) is 5.91 Å². The van der Waals surface area contributed by atoms with Crippen LogP contribution in [0.15, 0.2) is 42.5 Å². The van der Waals surface area contributed by atoms with Crippen LogP contribution in [-0.2, 0) is 27.5 Å². The standard InChI is InChI=1S/C22H29IN2O4S/c1-22(2,25-30(4,5)27)21(26)24-13-12-16-8-11-19(20(14-16)28-3)29-15-17-6-9-18(23)10-7-17/h6-11,14H,4,12-13,15H2,1-3,5H3,(H,24,26)(H,25,27). The molecule has 0 aliphatic carbocycles.